The number of amides is 2. The molecule has 0 aliphatic heterocycles. The Kier molecular flexibility index (Phi) is 11.2. The van der Waals surface area contributed by atoms with Gasteiger partial charge in [-0.2, -0.15) is 0 Å². The number of hydrogen-bond acceptors (Lipinski definition) is 5. The third kappa shape index (κ3) is 8.22. The molecular formula is C26H36FN3O5S. The van der Waals surface area contributed by atoms with Gasteiger partial charge in [0.15, 0.2) is 0 Å². The van der Waals surface area contributed by atoms with E-state index in [2.05, 4.69) is 5.32 Å². The molecule has 2 aromatic carbocycles. The van der Waals surface area contributed by atoms with Crippen molar-refractivity contribution in [3.8, 4) is 5.75 Å². The van der Waals surface area contributed by atoms with Crippen LogP contribution in [-0.4, -0.2) is 57.6 Å². The van der Waals surface area contributed by atoms with E-state index >= 15 is 0 Å². The molecule has 36 heavy (non-hydrogen) atoms. The number of para-hydroxylation sites is 1. The first-order valence-electron chi connectivity index (χ1n) is 12.0. The highest BCUT2D eigenvalue weighted by Gasteiger charge is 2.29. The molecule has 1 N–H and O–H groups in total. The average molecular weight is 522 g/mol. The number of ether oxygens (including phenoxy) is 1. The van der Waals surface area contributed by atoms with Crippen LogP contribution < -0.4 is 14.4 Å². The summed E-state index contributed by atoms with van der Waals surface area (Å²) < 4.78 is 45.2. The van der Waals surface area contributed by atoms with Crippen LogP contribution in [0.15, 0.2) is 48.5 Å². The Morgan fingerprint density at radius 3 is 2.44 bits per heavy atom. The molecule has 0 heterocycles. The van der Waals surface area contributed by atoms with Gasteiger partial charge >= 0.3 is 0 Å². The van der Waals surface area contributed by atoms with Crippen molar-refractivity contribution in [3.63, 3.8) is 0 Å². The van der Waals surface area contributed by atoms with Crippen molar-refractivity contribution < 1.29 is 27.1 Å². The zero-order valence-electron chi connectivity index (χ0n) is 21.4. The number of nitrogens with one attached hydrogen (secondary N) is 1. The van der Waals surface area contributed by atoms with Crippen LogP contribution in [0.3, 0.4) is 0 Å². The maximum Gasteiger partial charge on any atom is 0.242 e. The minimum atomic E-state index is -3.77. The maximum absolute atomic E-state index is 14.3. The number of sulfonamides is 1. The van der Waals surface area contributed by atoms with Crippen LogP contribution in [-0.2, 0) is 26.2 Å². The van der Waals surface area contributed by atoms with Gasteiger partial charge in [0.05, 0.1) is 19.1 Å². The molecule has 8 nitrogen and oxygen atoms in total. The van der Waals surface area contributed by atoms with Gasteiger partial charge < -0.3 is 15.0 Å². The average Bonchev–Trinajstić information content (AvgIpc) is 2.85. The van der Waals surface area contributed by atoms with Gasteiger partial charge in [-0.25, -0.2) is 12.8 Å². The van der Waals surface area contributed by atoms with E-state index in [4.69, 9.17) is 4.74 Å². The monoisotopic (exact) mass is 521 g/mol. The minimum absolute atomic E-state index is 0.0119. The molecule has 0 aromatic heterocycles. The second-order valence-electron chi connectivity index (χ2n) is 8.48. The SMILES string of the molecule is CCCNC(=O)[C@H](CC)N(Cc1cccc(OC)c1)C(=O)CCCN(c1ccccc1F)S(C)(=O)=O. The number of halogens is 1. The van der Waals surface area contributed by atoms with Gasteiger partial charge in [-0.05, 0) is 49.1 Å². The zero-order valence-corrected chi connectivity index (χ0v) is 22.2. The van der Waals surface area contributed by atoms with E-state index in [1.165, 1.54) is 23.1 Å². The van der Waals surface area contributed by atoms with Gasteiger partial charge in [0.1, 0.15) is 17.6 Å². The highest BCUT2D eigenvalue weighted by molar-refractivity contribution is 7.92. The molecule has 0 fully saturated rings. The maximum atomic E-state index is 14.3. The summed E-state index contributed by atoms with van der Waals surface area (Å²) in [7, 11) is -2.22. The summed E-state index contributed by atoms with van der Waals surface area (Å²) in [5.74, 6) is -0.553. The normalized spacial score (nSPS) is 12.0. The Morgan fingerprint density at radius 2 is 1.83 bits per heavy atom. The number of anilines is 1. The fourth-order valence-electron chi connectivity index (χ4n) is 3.89. The van der Waals surface area contributed by atoms with Gasteiger partial charge in [0.25, 0.3) is 0 Å². The summed E-state index contributed by atoms with van der Waals surface area (Å²) in [6, 6.07) is 12.2. The largest absolute Gasteiger partial charge is 0.497 e. The predicted molar refractivity (Wildman–Crippen MR) is 139 cm³/mol. The number of nitrogens with zero attached hydrogens (tertiary/aromatic N) is 2. The van der Waals surface area contributed by atoms with Gasteiger partial charge in [0.2, 0.25) is 21.8 Å². The first-order chi connectivity index (χ1) is 17.1. The lowest BCUT2D eigenvalue weighted by molar-refractivity contribution is -0.141. The Morgan fingerprint density at radius 1 is 1.11 bits per heavy atom. The second kappa shape index (κ2) is 13.8. The van der Waals surface area contributed by atoms with Crippen LogP contribution >= 0.6 is 0 Å². The van der Waals surface area contributed by atoms with Crippen molar-refractivity contribution in [1.82, 2.24) is 10.2 Å². The number of carbonyl (C=O) groups is 2. The van der Waals surface area contributed by atoms with Crippen molar-refractivity contribution in [2.45, 2.75) is 52.1 Å². The molecule has 10 heteroatoms. The van der Waals surface area contributed by atoms with E-state index in [0.717, 1.165) is 22.5 Å². The van der Waals surface area contributed by atoms with Crippen molar-refractivity contribution >= 4 is 27.5 Å². The number of benzene rings is 2. The van der Waals surface area contributed by atoms with Crippen LogP contribution in [0.2, 0.25) is 0 Å². The Bertz CT molecular complexity index is 1130. The molecule has 0 bridgehead atoms. The summed E-state index contributed by atoms with van der Waals surface area (Å²) in [4.78, 5) is 27.8. The van der Waals surface area contributed by atoms with Gasteiger partial charge in [-0.1, -0.05) is 38.1 Å². The standard InChI is InChI=1S/C26H36FN3O5S/c1-5-16-28-26(32)23(6-2)29(19-20-11-9-12-21(18-20)35-3)25(31)15-10-17-30(36(4,33)34)24-14-8-7-13-22(24)27/h7-9,11-14,18,23H,5-6,10,15-17,19H2,1-4H3,(H,28,32)/t23-/m0/s1. The predicted octanol–water partition coefficient (Wildman–Crippen LogP) is 3.71. The third-order valence-electron chi connectivity index (χ3n) is 5.70. The molecule has 2 aromatic rings. The lowest BCUT2D eigenvalue weighted by Gasteiger charge is -2.31. The number of rotatable bonds is 14. The molecular weight excluding hydrogens is 485 g/mol. The Labute approximate surface area is 213 Å². The van der Waals surface area contributed by atoms with Gasteiger partial charge in [-0.3, -0.25) is 13.9 Å². The highest BCUT2D eigenvalue weighted by Crippen LogP contribution is 2.23. The Hall–Kier alpha value is -3.14. The van der Waals surface area contributed by atoms with E-state index in [-0.39, 0.29) is 43.4 Å². The smallest absolute Gasteiger partial charge is 0.242 e. The molecule has 198 valence electrons. The van der Waals surface area contributed by atoms with Gasteiger partial charge in [0, 0.05) is 26.1 Å². The summed E-state index contributed by atoms with van der Waals surface area (Å²) in [6.45, 7) is 4.41. The van der Waals surface area contributed by atoms with Crippen molar-refractivity contribution in [2.24, 2.45) is 0 Å². The summed E-state index contributed by atoms with van der Waals surface area (Å²) in [5, 5.41) is 2.86. The molecule has 0 radical (unpaired) electrons. The molecule has 2 rings (SSSR count). The summed E-state index contributed by atoms with van der Waals surface area (Å²) >= 11 is 0. The number of carbonyl (C=O) groups excluding carboxylic acids is 2. The highest BCUT2D eigenvalue weighted by atomic mass is 32.2. The van der Waals surface area contributed by atoms with Crippen LogP contribution in [0.25, 0.3) is 0 Å². The second-order valence-corrected chi connectivity index (χ2v) is 10.4. The Balaban J connectivity index is 2.23. The van der Waals surface area contributed by atoms with E-state index in [0.29, 0.717) is 18.7 Å². The van der Waals surface area contributed by atoms with Crippen LogP contribution in [0.4, 0.5) is 10.1 Å². The van der Waals surface area contributed by atoms with Crippen LogP contribution in [0.1, 0.15) is 45.1 Å². The molecule has 0 aliphatic rings. The molecule has 2 amide bonds. The van der Waals surface area contributed by atoms with E-state index in [1.807, 2.05) is 26.0 Å². The third-order valence-corrected chi connectivity index (χ3v) is 6.88. The molecule has 0 spiro atoms. The van der Waals surface area contributed by atoms with E-state index in [9.17, 15) is 22.4 Å². The molecule has 0 saturated carbocycles. The van der Waals surface area contributed by atoms with Crippen LogP contribution in [0, 0.1) is 5.82 Å². The minimum Gasteiger partial charge on any atom is -0.497 e. The molecule has 0 saturated heterocycles. The van der Waals surface area contributed by atoms with Crippen LogP contribution in [0.5, 0.6) is 5.75 Å². The zero-order chi connectivity index (χ0) is 26.7. The first-order valence-corrected chi connectivity index (χ1v) is 13.9. The fraction of sp³-hybridized carbons (Fsp3) is 0.462. The molecule has 0 aliphatic carbocycles. The molecule has 0 unspecified atom stereocenters. The quantitative estimate of drug-likeness (QED) is 0.409. The number of methoxy groups -OCH3 is 1. The summed E-state index contributed by atoms with van der Waals surface area (Å²) in [6.07, 6.45) is 2.32. The van der Waals surface area contributed by atoms with E-state index in [1.54, 1.807) is 25.3 Å². The fourth-order valence-corrected chi connectivity index (χ4v) is 4.86. The van der Waals surface area contributed by atoms with Crippen molar-refractivity contribution in [3.05, 3.63) is 59.9 Å². The number of hydrogen-bond donors (Lipinski definition) is 1. The van der Waals surface area contributed by atoms with E-state index < -0.39 is 21.9 Å². The van der Waals surface area contributed by atoms with Crippen molar-refractivity contribution in [2.75, 3.05) is 30.8 Å². The lowest BCUT2D eigenvalue weighted by atomic mass is 10.1. The lowest BCUT2D eigenvalue weighted by Crippen LogP contribution is -2.49. The van der Waals surface area contributed by atoms with Gasteiger partial charge in [-0.15, -0.1) is 0 Å². The van der Waals surface area contributed by atoms with Crippen molar-refractivity contribution in [1.29, 1.82) is 0 Å². The first kappa shape index (κ1) is 29.1. The summed E-state index contributed by atoms with van der Waals surface area (Å²) in [5.41, 5.74) is 0.736. The topological polar surface area (TPSA) is 96.0 Å². The molecule has 1 atom stereocenters.